The molecule has 0 fully saturated rings. The fourth-order valence-electron chi connectivity index (χ4n) is 2.41. The van der Waals surface area contributed by atoms with Gasteiger partial charge in [-0.15, -0.1) is 0 Å². The maximum atomic E-state index is 5.34. The van der Waals surface area contributed by atoms with Crippen LogP contribution in [0.25, 0.3) is 11.5 Å². The number of aryl methyl sites for hydroxylation is 1. The molecule has 2 heterocycles. The Morgan fingerprint density at radius 2 is 1.83 bits per heavy atom. The van der Waals surface area contributed by atoms with E-state index in [1.807, 2.05) is 24.3 Å². The summed E-state index contributed by atoms with van der Waals surface area (Å²) >= 11 is 0. The summed E-state index contributed by atoms with van der Waals surface area (Å²) in [6, 6.07) is 16.1. The average molecular weight is 320 g/mol. The molecule has 0 atom stereocenters. The van der Waals surface area contributed by atoms with Crippen LogP contribution in [0.5, 0.6) is 5.75 Å². The fourth-order valence-corrected chi connectivity index (χ4v) is 2.41. The van der Waals surface area contributed by atoms with E-state index in [9.17, 15) is 0 Å². The van der Waals surface area contributed by atoms with Crippen LogP contribution in [0.4, 0.5) is 5.82 Å². The molecule has 2 aromatic heterocycles. The monoisotopic (exact) mass is 320 g/mol. The number of hydrogen-bond acceptors (Lipinski definition) is 5. The molecule has 0 spiro atoms. The zero-order valence-electron chi connectivity index (χ0n) is 13.6. The van der Waals surface area contributed by atoms with Crippen molar-refractivity contribution in [2.45, 2.75) is 12.8 Å². The van der Waals surface area contributed by atoms with Gasteiger partial charge in [0, 0.05) is 12.7 Å². The molecule has 1 aromatic carbocycles. The molecule has 0 unspecified atom stereocenters. The predicted octanol–water partition coefficient (Wildman–Crippen LogP) is 3.59. The first-order valence-corrected chi connectivity index (χ1v) is 7.97. The number of pyridine rings is 1. The van der Waals surface area contributed by atoms with E-state index in [0.717, 1.165) is 25.1 Å². The van der Waals surface area contributed by atoms with Crippen LogP contribution in [-0.4, -0.2) is 28.6 Å². The Hall–Kier alpha value is -2.95. The lowest BCUT2D eigenvalue weighted by molar-refractivity contribution is 0.413. The second-order valence-electron chi connectivity index (χ2n) is 5.34. The average Bonchev–Trinajstić information content (AvgIpc) is 2.66. The van der Waals surface area contributed by atoms with Crippen LogP contribution in [0, 0.1) is 0 Å². The fraction of sp³-hybridized carbons (Fsp3) is 0.211. The van der Waals surface area contributed by atoms with Crippen molar-refractivity contribution < 1.29 is 4.74 Å². The minimum absolute atomic E-state index is 0.585. The van der Waals surface area contributed by atoms with Crippen molar-refractivity contribution >= 4 is 5.82 Å². The number of benzene rings is 1. The lowest BCUT2D eigenvalue weighted by Crippen LogP contribution is -2.07. The van der Waals surface area contributed by atoms with Crippen molar-refractivity contribution in [2.24, 2.45) is 0 Å². The smallest absolute Gasteiger partial charge is 0.180 e. The lowest BCUT2D eigenvalue weighted by atomic mass is 10.1. The summed E-state index contributed by atoms with van der Waals surface area (Å²) in [5.74, 6) is 1.91. The first kappa shape index (κ1) is 15.9. The largest absolute Gasteiger partial charge is 0.491 e. The molecule has 0 aliphatic heterocycles. The number of anilines is 1. The van der Waals surface area contributed by atoms with Crippen molar-refractivity contribution in [1.29, 1.82) is 0 Å². The zero-order chi connectivity index (χ0) is 16.6. The van der Waals surface area contributed by atoms with E-state index in [-0.39, 0.29) is 0 Å². The Bertz CT molecular complexity index is 763. The van der Waals surface area contributed by atoms with E-state index in [2.05, 4.69) is 44.5 Å². The van der Waals surface area contributed by atoms with Crippen molar-refractivity contribution in [2.75, 3.05) is 19.0 Å². The van der Waals surface area contributed by atoms with Gasteiger partial charge in [0.05, 0.1) is 13.3 Å². The van der Waals surface area contributed by atoms with Gasteiger partial charge in [0.25, 0.3) is 0 Å². The quantitative estimate of drug-likeness (QED) is 0.674. The summed E-state index contributed by atoms with van der Waals surface area (Å²) < 4.78 is 5.34. The first-order chi connectivity index (χ1) is 11.9. The maximum absolute atomic E-state index is 5.34. The van der Waals surface area contributed by atoms with Crippen LogP contribution < -0.4 is 10.1 Å². The molecule has 5 nitrogen and oxygen atoms in total. The molecule has 122 valence electrons. The number of rotatable bonds is 7. The van der Waals surface area contributed by atoms with Gasteiger partial charge in [-0.3, -0.25) is 4.98 Å². The van der Waals surface area contributed by atoms with Gasteiger partial charge in [0.15, 0.2) is 17.4 Å². The first-order valence-electron chi connectivity index (χ1n) is 7.97. The van der Waals surface area contributed by atoms with Crippen LogP contribution in [0.3, 0.4) is 0 Å². The molecule has 24 heavy (non-hydrogen) atoms. The molecule has 1 N–H and O–H groups in total. The number of nitrogens with zero attached hydrogens (tertiary/aromatic N) is 3. The molecule has 0 radical (unpaired) electrons. The Morgan fingerprint density at radius 3 is 2.58 bits per heavy atom. The molecule has 0 saturated heterocycles. The van der Waals surface area contributed by atoms with Gasteiger partial charge in [-0.1, -0.05) is 36.4 Å². The van der Waals surface area contributed by atoms with E-state index >= 15 is 0 Å². The van der Waals surface area contributed by atoms with Crippen molar-refractivity contribution in [1.82, 2.24) is 15.0 Å². The molecule has 3 aromatic rings. The van der Waals surface area contributed by atoms with E-state index in [0.29, 0.717) is 17.4 Å². The second kappa shape index (κ2) is 8.06. The van der Waals surface area contributed by atoms with Crippen molar-refractivity contribution in [3.05, 3.63) is 66.5 Å². The summed E-state index contributed by atoms with van der Waals surface area (Å²) in [7, 11) is 1.62. The molecule has 0 saturated carbocycles. The molecular formula is C19H20N4O. The van der Waals surface area contributed by atoms with Gasteiger partial charge in [0.1, 0.15) is 5.69 Å². The number of methoxy groups -OCH3 is 1. The lowest BCUT2D eigenvalue weighted by Gasteiger charge is -2.11. The van der Waals surface area contributed by atoms with Crippen LogP contribution in [-0.2, 0) is 6.42 Å². The normalized spacial score (nSPS) is 10.4. The van der Waals surface area contributed by atoms with E-state index in [1.165, 1.54) is 5.56 Å². The highest BCUT2D eigenvalue weighted by Gasteiger charge is 2.09. The van der Waals surface area contributed by atoms with E-state index < -0.39 is 0 Å². The summed E-state index contributed by atoms with van der Waals surface area (Å²) in [5.41, 5.74) is 2.08. The van der Waals surface area contributed by atoms with E-state index in [1.54, 1.807) is 19.5 Å². The van der Waals surface area contributed by atoms with Crippen LogP contribution in [0.1, 0.15) is 12.0 Å². The Morgan fingerprint density at radius 1 is 1.00 bits per heavy atom. The van der Waals surface area contributed by atoms with Crippen molar-refractivity contribution in [3.8, 4) is 17.3 Å². The minimum atomic E-state index is 0.585. The van der Waals surface area contributed by atoms with Gasteiger partial charge in [0.2, 0.25) is 0 Å². The molecule has 3 rings (SSSR count). The third-order valence-corrected chi connectivity index (χ3v) is 3.65. The van der Waals surface area contributed by atoms with E-state index in [4.69, 9.17) is 4.74 Å². The Labute approximate surface area is 141 Å². The second-order valence-corrected chi connectivity index (χ2v) is 5.34. The summed E-state index contributed by atoms with van der Waals surface area (Å²) in [4.78, 5) is 13.2. The highest BCUT2D eigenvalue weighted by Crippen LogP contribution is 2.23. The number of nitrogens with one attached hydrogen (secondary N) is 1. The van der Waals surface area contributed by atoms with Crippen LogP contribution in [0.15, 0.2) is 60.9 Å². The van der Waals surface area contributed by atoms with Crippen molar-refractivity contribution in [3.63, 3.8) is 0 Å². The van der Waals surface area contributed by atoms with Gasteiger partial charge in [-0.2, -0.15) is 0 Å². The maximum Gasteiger partial charge on any atom is 0.180 e. The molecule has 0 amide bonds. The predicted molar refractivity (Wildman–Crippen MR) is 95.1 cm³/mol. The number of aromatic nitrogens is 3. The minimum Gasteiger partial charge on any atom is -0.491 e. The zero-order valence-corrected chi connectivity index (χ0v) is 13.6. The van der Waals surface area contributed by atoms with Gasteiger partial charge >= 0.3 is 0 Å². The number of hydrogen-bond donors (Lipinski definition) is 1. The third-order valence-electron chi connectivity index (χ3n) is 3.65. The SMILES string of the molecule is COc1cnc(-c2ccccn2)nc1NCCCc1ccccc1. The highest BCUT2D eigenvalue weighted by atomic mass is 16.5. The van der Waals surface area contributed by atoms with Crippen LogP contribution >= 0.6 is 0 Å². The summed E-state index contributed by atoms with van der Waals surface area (Å²) in [5, 5.41) is 3.34. The highest BCUT2D eigenvalue weighted by molar-refractivity contribution is 5.57. The molecule has 5 heteroatoms. The summed E-state index contributed by atoms with van der Waals surface area (Å²) in [6.07, 6.45) is 5.44. The topological polar surface area (TPSA) is 59.9 Å². The molecule has 0 aliphatic carbocycles. The standard InChI is InChI=1S/C19H20N4O/c1-24-17-14-22-18(16-11-5-6-12-20-16)23-19(17)21-13-7-10-15-8-3-2-4-9-15/h2-6,8-9,11-12,14H,7,10,13H2,1H3,(H,21,22,23). The molecule has 0 bridgehead atoms. The number of ether oxygens (including phenoxy) is 1. The molecule has 0 aliphatic rings. The molecular weight excluding hydrogens is 300 g/mol. The Balaban J connectivity index is 1.65. The van der Waals surface area contributed by atoms with Gasteiger partial charge in [-0.05, 0) is 30.5 Å². The Kier molecular flexibility index (Phi) is 5.35. The third kappa shape index (κ3) is 4.07. The summed E-state index contributed by atoms with van der Waals surface area (Å²) in [6.45, 7) is 0.809. The van der Waals surface area contributed by atoms with Gasteiger partial charge < -0.3 is 10.1 Å². The van der Waals surface area contributed by atoms with Gasteiger partial charge in [-0.25, -0.2) is 9.97 Å². The van der Waals surface area contributed by atoms with Crippen LogP contribution in [0.2, 0.25) is 0 Å².